The first-order valence-corrected chi connectivity index (χ1v) is 6.33. The number of ether oxygens (including phenoxy) is 1. The molecule has 2 aromatic rings. The summed E-state index contributed by atoms with van der Waals surface area (Å²) >= 11 is 0. The van der Waals surface area contributed by atoms with E-state index >= 15 is 0 Å². The van der Waals surface area contributed by atoms with Gasteiger partial charge in [-0.15, -0.1) is 0 Å². The molecule has 94 valence electrons. The topological polar surface area (TPSA) is 26.3 Å². The van der Waals surface area contributed by atoms with Crippen molar-refractivity contribution in [3.8, 4) is 0 Å². The fourth-order valence-corrected chi connectivity index (χ4v) is 2.45. The lowest BCUT2D eigenvalue weighted by Gasteiger charge is -2.17. The zero-order valence-electron chi connectivity index (χ0n) is 10.5. The Morgan fingerprint density at radius 2 is 1.37 bits per heavy atom. The standard InChI is InChI=1S/C17H14O2/c18-17-15(11-12-19-17)16(13-7-3-1-4-8-13)14-9-5-2-6-10-14/h1-11,16H,12H2. The Morgan fingerprint density at radius 1 is 0.842 bits per heavy atom. The van der Waals surface area contributed by atoms with Gasteiger partial charge in [-0.2, -0.15) is 0 Å². The van der Waals surface area contributed by atoms with Crippen LogP contribution in [0.3, 0.4) is 0 Å². The van der Waals surface area contributed by atoms with E-state index in [1.54, 1.807) is 0 Å². The third kappa shape index (κ3) is 2.29. The van der Waals surface area contributed by atoms with Crippen molar-refractivity contribution in [3.63, 3.8) is 0 Å². The van der Waals surface area contributed by atoms with Gasteiger partial charge in [0.25, 0.3) is 0 Å². The van der Waals surface area contributed by atoms with Crippen LogP contribution in [0.15, 0.2) is 72.3 Å². The van der Waals surface area contributed by atoms with Crippen LogP contribution in [0.1, 0.15) is 17.0 Å². The third-order valence-electron chi connectivity index (χ3n) is 3.33. The fourth-order valence-electron chi connectivity index (χ4n) is 2.45. The lowest BCUT2D eigenvalue weighted by molar-refractivity contribution is -0.136. The predicted octanol–water partition coefficient (Wildman–Crippen LogP) is 3.30. The molecule has 1 aliphatic heterocycles. The van der Waals surface area contributed by atoms with Gasteiger partial charge in [-0.05, 0) is 17.2 Å². The zero-order chi connectivity index (χ0) is 13.1. The van der Waals surface area contributed by atoms with Gasteiger partial charge in [0.15, 0.2) is 0 Å². The maximum absolute atomic E-state index is 11.9. The van der Waals surface area contributed by atoms with E-state index in [9.17, 15) is 4.79 Å². The molecule has 19 heavy (non-hydrogen) atoms. The van der Waals surface area contributed by atoms with Crippen LogP contribution in [0.2, 0.25) is 0 Å². The Bertz CT molecular complexity index is 560. The smallest absolute Gasteiger partial charge is 0.335 e. The van der Waals surface area contributed by atoms with E-state index < -0.39 is 0 Å². The second-order valence-corrected chi connectivity index (χ2v) is 4.51. The van der Waals surface area contributed by atoms with E-state index in [4.69, 9.17) is 4.74 Å². The molecule has 0 saturated heterocycles. The van der Waals surface area contributed by atoms with Crippen molar-refractivity contribution in [3.05, 3.63) is 83.4 Å². The Balaban J connectivity index is 2.09. The molecule has 2 nitrogen and oxygen atoms in total. The first-order chi connectivity index (χ1) is 9.36. The second kappa shape index (κ2) is 5.11. The molecule has 2 heteroatoms. The molecule has 0 atom stereocenters. The van der Waals surface area contributed by atoms with E-state index in [0.717, 1.165) is 16.7 Å². The molecule has 0 fully saturated rings. The van der Waals surface area contributed by atoms with Gasteiger partial charge in [0.05, 0.1) is 0 Å². The summed E-state index contributed by atoms with van der Waals surface area (Å²) in [4.78, 5) is 11.9. The van der Waals surface area contributed by atoms with E-state index in [2.05, 4.69) is 0 Å². The summed E-state index contributed by atoms with van der Waals surface area (Å²) in [6.07, 6.45) is 1.88. The number of hydrogen-bond acceptors (Lipinski definition) is 2. The average molecular weight is 250 g/mol. The summed E-state index contributed by atoms with van der Waals surface area (Å²) in [5.41, 5.74) is 2.95. The number of rotatable bonds is 3. The van der Waals surface area contributed by atoms with Crippen LogP contribution in [-0.2, 0) is 9.53 Å². The zero-order valence-corrected chi connectivity index (χ0v) is 10.5. The molecule has 0 aliphatic carbocycles. The highest BCUT2D eigenvalue weighted by Gasteiger charge is 2.28. The third-order valence-corrected chi connectivity index (χ3v) is 3.33. The SMILES string of the molecule is O=C1OCC=C1C(c1ccccc1)c1ccccc1. The van der Waals surface area contributed by atoms with Crippen LogP contribution in [0, 0.1) is 0 Å². The maximum Gasteiger partial charge on any atom is 0.335 e. The summed E-state index contributed by atoms with van der Waals surface area (Å²) in [7, 11) is 0. The quantitative estimate of drug-likeness (QED) is 0.781. The second-order valence-electron chi connectivity index (χ2n) is 4.51. The highest BCUT2D eigenvalue weighted by Crippen LogP contribution is 2.34. The van der Waals surface area contributed by atoms with Crippen molar-refractivity contribution in [1.29, 1.82) is 0 Å². The number of carbonyl (C=O) groups excluding carboxylic acids is 1. The normalized spacial score (nSPS) is 14.4. The molecular weight excluding hydrogens is 236 g/mol. The minimum atomic E-state index is -0.210. The molecule has 0 N–H and O–H groups in total. The van der Waals surface area contributed by atoms with Gasteiger partial charge >= 0.3 is 5.97 Å². The predicted molar refractivity (Wildman–Crippen MR) is 73.8 cm³/mol. The molecule has 0 spiro atoms. The number of hydrogen-bond donors (Lipinski definition) is 0. The van der Waals surface area contributed by atoms with Crippen molar-refractivity contribution in [1.82, 2.24) is 0 Å². The largest absolute Gasteiger partial charge is 0.458 e. The lowest BCUT2D eigenvalue weighted by atomic mass is 9.85. The fraction of sp³-hybridized carbons (Fsp3) is 0.118. The first kappa shape index (κ1) is 11.7. The summed E-state index contributed by atoms with van der Waals surface area (Å²) in [6, 6.07) is 20.1. The molecule has 0 aromatic heterocycles. The Kier molecular flexibility index (Phi) is 3.15. The molecule has 0 amide bonds. The van der Waals surface area contributed by atoms with Gasteiger partial charge in [-0.3, -0.25) is 0 Å². The average Bonchev–Trinajstić information content (AvgIpc) is 2.88. The van der Waals surface area contributed by atoms with E-state index in [-0.39, 0.29) is 11.9 Å². The van der Waals surface area contributed by atoms with Gasteiger partial charge in [-0.25, -0.2) is 4.79 Å². The van der Waals surface area contributed by atoms with Crippen molar-refractivity contribution in [2.75, 3.05) is 6.61 Å². The van der Waals surface area contributed by atoms with Crippen LogP contribution in [0.25, 0.3) is 0 Å². The molecule has 2 aromatic carbocycles. The molecule has 1 heterocycles. The molecule has 0 radical (unpaired) electrons. The van der Waals surface area contributed by atoms with E-state index in [1.165, 1.54) is 0 Å². The minimum Gasteiger partial charge on any atom is -0.458 e. The van der Waals surface area contributed by atoms with Gasteiger partial charge < -0.3 is 4.74 Å². The monoisotopic (exact) mass is 250 g/mol. The van der Waals surface area contributed by atoms with Gasteiger partial charge in [0.1, 0.15) is 6.61 Å². The van der Waals surface area contributed by atoms with Crippen molar-refractivity contribution < 1.29 is 9.53 Å². The van der Waals surface area contributed by atoms with Crippen LogP contribution in [0.5, 0.6) is 0 Å². The molecule has 0 unspecified atom stereocenters. The summed E-state index contributed by atoms with van der Waals surface area (Å²) in [5.74, 6) is -0.255. The molecule has 0 saturated carbocycles. The number of cyclic esters (lactones) is 1. The van der Waals surface area contributed by atoms with Gasteiger partial charge in [0.2, 0.25) is 0 Å². The Morgan fingerprint density at radius 3 is 1.79 bits per heavy atom. The summed E-state index contributed by atoms with van der Waals surface area (Å²) in [6.45, 7) is 0.379. The van der Waals surface area contributed by atoms with Crippen molar-refractivity contribution in [2.45, 2.75) is 5.92 Å². The van der Waals surface area contributed by atoms with Crippen LogP contribution < -0.4 is 0 Å². The van der Waals surface area contributed by atoms with Crippen LogP contribution in [0.4, 0.5) is 0 Å². The van der Waals surface area contributed by atoms with Gasteiger partial charge in [0, 0.05) is 11.5 Å². The highest BCUT2D eigenvalue weighted by molar-refractivity contribution is 5.93. The van der Waals surface area contributed by atoms with Gasteiger partial charge in [-0.1, -0.05) is 60.7 Å². The van der Waals surface area contributed by atoms with E-state index in [1.807, 2.05) is 66.7 Å². The van der Waals surface area contributed by atoms with E-state index in [0.29, 0.717) is 6.61 Å². The Labute approximate surface area is 112 Å². The number of benzene rings is 2. The Hall–Kier alpha value is -2.35. The first-order valence-electron chi connectivity index (χ1n) is 6.33. The minimum absolute atomic E-state index is 0.0441. The maximum atomic E-state index is 11.9. The molecular formula is C17H14O2. The summed E-state index contributed by atoms with van der Waals surface area (Å²) < 4.78 is 5.06. The van der Waals surface area contributed by atoms with Crippen LogP contribution >= 0.6 is 0 Å². The number of esters is 1. The highest BCUT2D eigenvalue weighted by atomic mass is 16.5. The molecule has 3 rings (SSSR count). The molecule has 0 bridgehead atoms. The molecule has 1 aliphatic rings. The lowest BCUT2D eigenvalue weighted by Crippen LogP contribution is -2.11. The van der Waals surface area contributed by atoms with Crippen molar-refractivity contribution >= 4 is 5.97 Å². The van der Waals surface area contributed by atoms with Crippen molar-refractivity contribution in [2.24, 2.45) is 0 Å². The summed E-state index contributed by atoms with van der Waals surface area (Å²) in [5, 5.41) is 0. The van der Waals surface area contributed by atoms with Crippen LogP contribution in [-0.4, -0.2) is 12.6 Å². The number of carbonyl (C=O) groups is 1.